The van der Waals surface area contributed by atoms with E-state index in [4.69, 9.17) is 4.74 Å². The van der Waals surface area contributed by atoms with Crippen molar-refractivity contribution in [1.29, 1.82) is 0 Å². The molecule has 0 spiro atoms. The van der Waals surface area contributed by atoms with Crippen LogP contribution in [0.2, 0.25) is 0 Å². The SMILES string of the molecule is CS(=O)(=O)Nc1cccc(O)c1C(=O)c1c(O)cc(C(=O)OC2CCCC2NC(=O)c2ccc(O)cc2)cc1O. The quantitative estimate of drug-likeness (QED) is 0.173. The third-order valence-corrected chi connectivity index (χ3v) is 6.87. The summed E-state index contributed by atoms with van der Waals surface area (Å²) in [5.74, 6) is -4.67. The Balaban J connectivity index is 1.53. The van der Waals surface area contributed by atoms with Gasteiger partial charge in [-0.25, -0.2) is 13.2 Å². The molecule has 13 heteroatoms. The maximum absolute atomic E-state index is 13.2. The van der Waals surface area contributed by atoms with Crippen LogP contribution < -0.4 is 10.0 Å². The Bertz CT molecular complexity index is 1560. The van der Waals surface area contributed by atoms with Gasteiger partial charge in [0.25, 0.3) is 5.91 Å². The van der Waals surface area contributed by atoms with Crippen molar-refractivity contribution in [1.82, 2.24) is 5.32 Å². The zero-order valence-corrected chi connectivity index (χ0v) is 21.9. The lowest BCUT2D eigenvalue weighted by molar-refractivity contribution is 0.0249. The van der Waals surface area contributed by atoms with Gasteiger partial charge in [0.05, 0.1) is 29.1 Å². The van der Waals surface area contributed by atoms with Crippen LogP contribution in [0.1, 0.15) is 55.9 Å². The molecule has 3 aromatic carbocycles. The highest BCUT2D eigenvalue weighted by Gasteiger charge is 2.33. The maximum Gasteiger partial charge on any atom is 0.338 e. The summed E-state index contributed by atoms with van der Waals surface area (Å²) in [6.07, 6.45) is 1.78. The van der Waals surface area contributed by atoms with Gasteiger partial charge < -0.3 is 30.5 Å². The van der Waals surface area contributed by atoms with Crippen LogP contribution in [0.15, 0.2) is 54.6 Å². The number of hydrogen-bond acceptors (Lipinski definition) is 10. The molecule has 3 aromatic rings. The molecule has 0 saturated heterocycles. The van der Waals surface area contributed by atoms with Crippen LogP contribution in [0.4, 0.5) is 5.69 Å². The number of phenolic OH excluding ortho intramolecular Hbond substituents is 4. The molecule has 4 rings (SSSR count). The second-order valence-electron chi connectivity index (χ2n) is 9.29. The van der Waals surface area contributed by atoms with Crippen LogP contribution in [-0.4, -0.2) is 64.9 Å². The molecule has 0 radical (unpaired) electrons. The lowest BCUT2D eigenvalue weighted by atomic mass is 9.97. The second-order valence-corrected chi connectivity index (χ2v) is 11.0. The van der Waals surface area contributed by atoms with Gasteiger partial charge in [-0.3, -0.25) is 14.3 Å². The van der Waals surface area contributed by atoms with Crippen molar-refractivity contribution in [2.45, 2.75) is 31.4 Å². The standard InChI is InChI=1S/C27H26N2O10S/c1-40(37,38)29-18-5-2-6-19(31)23(18)25(34)24-20(32)12-15(13-21(24)33)27(36)39-22-7-3-4-17(22)28-26(35)14-8-10-16(30)11-9-14/h2,5-6,8-13,17,22,29-33H,3-4,7H2,1H3,(H,28,35). The molecule has 0 aromatic heterocycles. The van der Waals surface area contributed by atoms with E-state index in [1.165, 1.54) is 36.4 Å². The fourth-order valence-corrected chi connectivity index (χ4v) is 5.02. The van der Waals surface area contributed by atoms with Crippen molar-refractivity contribution >= 4 is 33.4 Å². The molecule has 1 amide bonds. The number of ether oxygens (including phenoxy) is 1. The van der Waals surface area contributed by atoms with Gasteiger partial charge in [-0.1, -0.05) is 6.07 Å². The number of anilines is 1. The molecule has 1 aliphatic rings. The number of carbonyl (C=O) groups excluding carboxylic acids is 3. The van der Waals surface area contributed by atoms with Gasteiger partial charge in [0, 0.05) is 5.56 Å². The number of aromatic hydroxyl groups is 4. The number of phenols is 4. The van der Waals surface area contributed by atoms with E-state index in [2.05, 4.69) is 10.0 Å². The van der Waals surface area contributed by atoms with Gasteiger partial charge >= 0.3 is 5.97 Å². The third-order valence-electron chi connectivity index (χ3n) is 6.28. The molecule has 1 fully saturated rings. The number of esters is 1. The first kappa shape index (κ1) is 28.2. The Labute approximate surface area is 228 Å². The van der Waals surface area contributed by atoms with Gasteiger partial charge in [0.1, 0.15) is 34.7 Å². The highest BCUT2D eigenvalue weighted by atomic mass is 32.2. The largest absolute Gasteiger partial charge is 0.508 e. The van der Waals surface area contributed by atoms with E-state index in [-0.39, 0.29) is 17.0 Å². The van der Waals surface area contributed by atoms with E-state index in [0.717, 1.165) is 24.5 Å². The number of nitrogens with one attached hydrogen (secondary N) is 2. The van der Waals surface area contributed by atoms with Crippen molar-refractivity contribution in [2.75, 3.05) is 11.0 Å². The summed E-state index contributed by atoms with van der Waals surface area (Å²) >= 11 is 0. The number of rotatable bonds is 8. The number of hydrogen-bond donors (Lipinski definition) is 6. The highest BCUT2D eigenvalue weighted by molar-refractivity contribution is 7.92. The number of carbonyl (C=O) groups is 3. The van der Waals surface area contributed by atoms with Crippen LogP contribution in [0, 0.1) is 0 Å². The minimum Gasteiger partial charge on any atom is -0.508 e. The van der Waals surface area contributed by atoms with Gasteiger partial charge in [0.2, 0.25) is 15.8 Å². The molecule has 12 nitrogen and oxygen atoms in total. The summed E-state index contributed by atoms with van der Waals surface area (Å²) in [5, 5.41) is 43.6. The number of sulfonamides is 1. The van der Waals surface area contributed by atoms with Crippen molar-refractivity contribution in [2.24, 2.45) is 0 Å². The fraction of sp³-hybridized carbons (Fsp3) is 0.222. The molecular formula is C27H26N2O10S. The average Bonchev–Trinajstić information content (AvgIpc) is 3.29. The summed E-state index contributed by atoms with van der Waals surface area (Å²) in [5.41, 5.74) is -1.45. The van der Waals surface area contributed by atoms with E-state index in [1.54, 1.807) is 0 Å². The highest BCUT2D eigenvalue weighted by Crippen LogP contribution is 2.36. The van der Waals surface area contributed by atoms with E-state index in [1.807, 2.05) is 0 Å². The summed E-state index contributed by atoms with van der Waals surface area (Å²) < 4.78 is 31.0. The summed E-state index contributed by atoms with van der Waals surface area (Å²) in [6, 6.07) is 10.6. The maximum atomic E-state index is 13.2. The van der Waals surface area contributed by atoms with Crippen molar-refractivity contribution in [3.63, 3.8) is 0 Å². The van der Waals surface area contributed by atoms with Crippen LogP contribution in [-0.2, 0) is 14.8 Å². The summed E-state index contributed by atoms with van der Waals surface area (Å²) in [6.45, 7) is 0. The minimum atomic E-state index is -3.85. The Morgan fingerprint density at radius 3 is 2.12 bits per heavy atom. The first-order valence-electron chi connectivity index (χ1n) is 12.1. The van der Waals surface area contributed by atoms with Crippen LogP contribution in [0.25, 0.3) is 0 Å². The predicted molar refractivity (Wildman–Crippen MR) is 142 cm³/mol. The molecule has 40 heavy (non-hydrogen) atoms. The molecule has 1 saturated carbocycles. The zero-order valence-electron chi connectivity index (χ0n) is 21.1. The fourth-order valence-electron chi connectivity index (χ4n) is 4.45. The summed E-state index contributed by atoms with van der Waals surface area (Å²) in [7, 11) is -3.85. The number of ketones is 1. The molecule has 1 aliphatic carbocycles. The van der Waals surface area contributed by atoms with Gasteiger partial charge in [-0.15, -0.1) is 0 Å². The Hall–Kier alpha value is -4.78. The molecule has 6 N–H and O–H groups in total. The van der Waals surface area contributed by atoms with E-state index in [0.29, 0.717) is 24.8 Å². The molecule has 0 bridgehead atoms. The topological polar surface area (TPSA) is 200 Å². The Kier molecular flexibility index (Phi) is 7.86. The van der Waals surface area contributed by atoms with Crippen molar-refractivity contribution in [3.8, 4) is 23.0 Å². The van der Waals surface area contributed by atoms with Crippen molar-refractivity contribution in [3.05, 3.63) is 76.9 Å². The van der Waals surface area contributed by atoms with Crippen LogP contribution in [0.3, 0.4) is 0 Å². The lowest BCUT2D eigenvalue weighted by Crippen LogP contribution is -2.41. The predicted octanol–water partition coefficient (Wildman–Crippen LogP) is 2.62. The number of benzene rings is 3. The molecule has 0 aliphatic heterocycles. The first-order valence-corrected chi connectivity index (χ1v) is 13.9. The number of amides is 1. The van der Waals surface area contributed by atoms with Gasteiger partial charge in [-0.05, 0) is 67.8 Å². The molecule has 2 atom stereocenters. The Morgan fingerprint density at radius 1 is 0.850 bits per heavy atom. The average molecular weight is 571 g/mol. The lowest BCUT2D eigenvalue weighted by Gasteiger charge is -2.21. The monoisotopic (exact) mass is 570 g/mol. The molecule has 2 unspecified atom stereocenters. The molecule has 0 heterocycles. The minimum absolute atomic E-state index is 0.00929. The molecule has 210 valence electrons. The van der Waals surface area contributed by atoms with Gasteiger partial charge in [-0.2, -0.15) is 0 Å². The van der Waals surface area contributed by atoms with Gasteiger partial charge in [0.15, 0.2) is 0 Å². The first-order chi connectivity index (χ1) is 18.8. The zero-order chi connectivity index (χ0) is 29.2. The second kappa shape index (κ2) is 11.1. The van der Waals surface area contributed by atoms with Crippen LogP contribution >= 0.6 is 0 Å². The van der Waals surface area contributed by atoms with Crippen molar-refractivity contribution < 1.29 is 48.0 Å². The normalized spacial score (nSPS) is 16.7. The smallest absolute Gasteiger partial charge is 0.338 e. The molecular weight excluding hydrogens is 544 g/mol. The van der Waals surface area contributed by atoms with E-state index in [9.17, 15) is 43.2 Å². The Morgan fingerprint density at radius 2 is 1.50 bits per heavy atom. The third kappa shape index (κ3) is 6.26. The van der Waals surface area contributed by atoms with E-state index < -0.39 is 68.2 Å². The van der Waals surface area contributed by atoms with Crippen LogP contribution in [0.5, 0.6) is 23.0 Å². The summed E-state index contributed by atoms with van der Waals surface area (Å²) in [4.78, 5) is 38.6. The van der Waals surface area contributed by atoms with E-state index >= 15 is 0 Å².